The number of benzene rings is 2. The van der Waals surface area contributed by atoms with E-state index in [-0.39, 0.29) is 11.5 Å². The molecular weight excluding hydrogens is 240 g/mol. The number of phenolic OH excluding ortho intramolecular Hbond substituents is 1. The third-order valence-electron chi connectivity index (χ3n) is 2.15. The van der Waals surface area contributed by atoms with Gasteiger partial charge in [0.1, 0.15) is 0 Å². The van der Waals surface area contributed by atoms with Gasteiger partial charge in [0.15, 0.2) is 11.5 Å². The monoisotopic (exact) mass is 248 g/mol. The molecule has 2 aromatic rings. The van der Waals surface area contributed by atoms with Crippen molar-refractivity contribution in [2.24, 2.45) is 0 Å². The molecule has 2 rings (SSSR count). The fourth-order valence-corrected chi connectivity index (χ4v) is 1.41. The number of phenols is 1. The Morgan fingerprint density at radius 2 is 1.71 bits per heavy atom. The lowest BCUT2D eigenvalue weighted by Crippen LogP contribution is -2.08. The predicted octanol–water partition coefficient (Wildman–Crippen LogP) is 3.26. The minimum Gasteiger partial charge on any atom is -0.504 e. The number of hydrogen-bond donors (Lipinski definition) is 1. The number of halogens is 1. The maximum Gasteiger partial charge on any atom is 0.343 e. The lowest BCUT2D eigenvalue weighted by atomic mass is 10.2. The Hall–Kier alpha value is -2.00. The van der Waals surface area contributed by atoms with Crippen molar-refractivity contribution in [3.63, 3.8) is 0 Å². The summed E-state index contributed by atoms with van der Waals surface area (Å²) < 4.78 is 5.04. The Labute approximate surface area is 103 Å². The van der Waals surface area contributed by atoms with Crippen LogP contribution in [0.3, 0.4) is 0 Å². The number of esters is 1. The van der Waals surface area contributed by atoms with Gasteiger partial charge in [-0.15, -0.1) is 0 Å². The van der Waals surface area contributed by atoms with Gasteiger partial charge in [-0.3, -0.25) is 0 Å². The zero-order valence-electron chi connectivity index (χ0n) is 8.76. The molecule has 0 aliphatic rings. The molecule has 0 saturated carbocycles. The van der Waals surface area contributed by atoms with E-state index in [2.05, 4.69) is 0 Å². The quantitative estimate of drug-likeness (QED) is 0.655. The molecule has 0 aromatic heterocycles. The summed E-state index contributed by atoms with van der Waals surface area (Å²) in [6, 6.07) is 12.6. The SMILES string of the molecule is O=C(Oc1ccccc1O)c1ccc(Cl)cc1. The van der Waals surface area contributed by atoms with Gasteiger partial charge in [-0.25, -0.2) is 4.79 Å². The van der Waals surface area contributed by atoms with Crippen molar-refractivity contribution in [3.05, 3.63) is 59.1 Å². The molecule has 0 bridgehead atoms. The van der Waals surface area contributed by atoms with Crippen LogP contribution >= 0.6 is 11.6 Å². The average molecular weight is 249 g/mol. The van der Waals surface area contributed by atoms with Crippen LogP contribution in [-0.4, -0.2) is 11.1 Å². The van der Waals surface area contributed by atoms with E-state index in [0.717, 1.165) is 0 Å². The topological polar surface area (TPSA) is 46.5 Å². The van der Waals surface area contributed by atoms with E-state index < -0.39 is 5.97 Å². The molecule has 0 fully saturated rings. The van der Waals surface area contributed by atoms with Gasteiger partial charge in [0.05, 0.1) is 5.56 Å². The molecule has 2 aromatic carbocycles. The first kappa shape index (κ1) is 11.5. The van der Waals surface area contributed by atoms with Crippen LogP contribution in [0.1, 0.15) is 10.4 Å². The molecule has 0 heterocycles. The van der Waals surface area contributed by atoms with E-state index in [1.807, 2.05) is 0 Å². The highest BCUT2D eigenvalue weighted by molar-refractivity contribution is 6.30. The van der Waals surface area contributed by atoms with Crippen molar-refractivity contribution >= 4 is 17.6 Å². The number of hydrogen-bond acceptors (Lipinski definition) is 3. The lowest BCUT2D eigenvalue weighted by Gasteiger charge is -2.05. The fourth-order valence-electron chi connectivity index (χ4n) is 1.29. The van der Waals surface area contributed by atoms with E-state index in [9.17, 15) is 9.90 Å². The summed E-state index contributed by atoms with van der Waals surface area (Å²) in [7, 11) is 0. The van der Waals surface area contributed by atoms with Crippen molar-refractivity contribution in [1.29, 1.82) is 0 Å². The first-order valence-corrected chi connectivity index (χ1v) is 5.30. The van der Waals surface area contributed by atoms with Crippen molar-refractivity contribution in [2.75, 3.05) is 0 Å². The second-order valence-corrected chi connectivity index (χ2v) is 3.80. The summed E-state index contributed by atoms with van der Waals surface area (Å²) in [6.07, 6.45) is 0. The van der Waals surface area contributed by atoms with E-state index in [0.29, 0.717) is 10.6 Å². The summed E-state index contributed by atoms with van der Waals surface area (Å²) in [4.78, 5) is 11.7. The summed E-state index contributed by atoms with van der Waals surface area (Å²) in [5.74, 6) is -0.481. The molecule has 0 saturated heterocycles. The molecule has 0 amide bonds. The summed E-state index contributed by atoms with van der Waals surface area (Å²) in [6.45, 7) is 0. The van der Waals surface area contributed by atoms with Crippen molar-refractivity contribution in [1.82, 2.24) is 0 Å². The first-order valence-electron chi connectivity index (χ1n) is 4.92. The third-order valence-corrected chi connectivity index (χ3v) is 2.40. The van der Waals surface area contributed by atoms with Gasteiger partial charge in [0.25, 0.3) is 0 Å². The zero-order valence-corrected chi connectivity index (χ0v) is 9.52. The standard InChI is InChI=1S/C13H9ClO3/c14-10-7-5-9(6-8-10)13(16)17-12-4-2-1-3-11(12)15/h1-8,15H. The van der Waals surface area contributed by atoms with Crippen LogP contribution < -0.4 is 4.74 Å². The normalized spacial score (nSPS) is 9.94. The molecular formula is C13H9ClO3. The van der Waals surface area contributed by atoms with E-state index in [4.69, 9.17) is 16.3 Å². The minimum atomic E-state index is -0.539. The minimum absolute atomic E-state index is 0.0742. The highest BCUT2D eigenvalue weighted by Crippen LogP contribution is 2.25. The molecule has 0 unspecified atom stereocenters. The van der Waals surface area contributed by atoms with Crippen LogP contribution in [0.5, 0.6) is 11.5 Å². The summed E-state index contributed by atoms with van der Waals surface area (Å²) in [5, 5.41) is 10.00. The van der Waals surface area contributed by atoms with Gasteiger partial charge >= 0.3 is 5.97 Å². The molecule has 0 atom stereocenters. The number of carbonyl (C=O) groups is 1. The van der Waals surface area contributed by atoms with Crippen LogP contribution in [-0.2, 0) is 0 Å². The van der Waals surface area contributed by atoms with Crippen LogP contribution in [0, 0.1) is 0 Å². The van der Waals surface area contributed by atoms with Gasteiger partial charge in [0.2, 0.25) is 0 Å². The van der Waals surface area contributed by atoms with Gasteiger partial charge in [-0.2, -0.15) is 0 Å². The second kappa shape index (κ2) is 4.89. The van der Waals surface area contributed by atoms with Gasteiger partial charge in [-0.05, 0) is 36.4 Å². The Balaban J connectivity index is 2.17. The largest absolute Gasteiger partial charge is 0.504 e. The maximum absolute atomic E-state index is 11.7. The highest BCUT2D eigenvalue weighted by atomic mass is 35.5. The van der Waals surface area contributed by atoms with E-state index >= 15 is 0 Å². The molecule has 0 spiro atoms. The lowest BCUT2D eigenvalue weighted by molar-refractivity contribution is 0.0729. The fraction of sp³-hybridized carbons (Fsp3) is 0. The molecule has 0 radical (unpaired) electrons. The van der Waals surface area contributed by atoms with Crippen LogP contribution in [0.2, 0.25) is 5.02 Å². The van der Waals surface area contributed by atoms with E-state index in [1.54, 1.807) is 36.4 Å². The molecule has 3 nitrogen and oxygen atoms in total. The summed E-state index contributed by atoms with van der Waals surface area (Å²) in [5.41, 5.74) is 0.373. The van der Waals surface area contributed by atoms with Crippen molar-refractivity contribution in [2.45, 2.75) is 0 Å². The van der Waals surface area contributed by atoms with Crippen LogP contribution in [0.25, 0.3) is 0 Å². The molecule has 0 aliphatic carbocycles. The molecule has 1 N–H and O–H groups in total. The summed E-state index contributed by atoms with van der Waals surface area (Å²) >= 11 is 5.71. The van der Waals surface area contributed by atoms with Crippen molar-refractivity contribution in [3.8, 4) is 11.5 Å². The Kier molecular flexibility index (Phi) is 3.30. The molecule has 0 aliphatic heterocycles. The van der Waals surface area contributed by atoms with Gasteiger partial charge < -0.3 is 9.84 Å². The number of aromatic hydroxyl groups is 1. The first-order chi connectivity index (χ1) is 8.16. The van der Waals surface area contributed by atoms with Gasteiger partial charge in [-0.1, -0.05) is 23.7 Å². The van der Waals surface area contributed by atoms with E-state index in [1.165, 1.54) is 12.1 Å². The second-order valence-electron chi connectivity index (χ2n) is 3.36. The number of para-hydroxylation sites is 2. The van der Waals surface area contributed by atoms with Crippen LogP contribution in [0.4, 0.5) is 0 Å². The molecule has 86 valence electrons. The maximum atomic E-state index is 11.7. The Bertz CT molecular complexity index is 535. The predicted molar refractivity (Wildman–Crippen MR) is 64.5 cm³/mol. The zero-order chi connectivity index (χ0) is 12.3. The molecule has 4 heteroatoms. The van der Waals surface area contributed by atoms with Gasteiger partial charge in [0, 0.05) is 5.02 Å². The number of carbonyl (C=O) groups excluding carboxylic acids is 1. The smallest absolute Gasteiger partial charge is 0.343 e. The van der Waals surface area contributed by atoms with Crippen LogP contribution in [0.15, 0.2) is 48.5 Å². The highest BCUT2D eigenvalue weighted by Gasteiger charge is 2.10. The Morgan fingerprint density at radius 1 is 1.06 bits per heavy atom. The number of rotatable bonds is 2. The Morgan fingerprint density at radius 3 is 2.35 bits per heavy atom. The average Bonchev–Trinajstić information content (AvgIpc) is 2.33. The number of ether oxygens (including phenoxy) is 1. The van der Waals surface area contributed by atoms with Crippen molar-refractivity contribution < 1.29 is 14.6 Å². The molecule has 17 heavy (non-hydrogen) atoms. The third kappa shape index (κ3) is 2.77.